The van der Waals surface area contributed by atoms with Crippen LogP contribution in [-0.2, 0) is 10.8 Å². The Morgan fingerprint density at radius 2 is 0.506 bits per heavy atom. The van der Waals surface area contributed by atoms with Crippen molar-refractivity contribution in [3.63, 3.8) is 0 Å². The summed E-state index contributed by atoms with van der Waals surface area (Å²) in [5.74, 6) is -0.415. The van der Waals surface area contributed by atoms with Gasteiger partial charge in [-0.25, -0.2) is 4.79 Å². The van der Waals surface area contributed by atoms with Crippen LogP contribution in [-0.4, -0.2) is 5.78 Å². The lowest BCUT2D eigenvalue weighted by molar-refractivity contribution is 0.0778. The lowest BCUT2D eigenvalue weighted by Gasteiger charge is -2.58. The topological polar surface area (TPSA) is 47.3 Å². The number of allylic oxidation sites excluding steroid dienone is 2. The second-order valence-corrected chi connectivity index (χ2v) is 27.5. The van der Waals surface area contributed by atoms with E-state index in [0.29, 0.717) is 0 Å². The average Bonchev–Trinajstić information content (AvgIpc) is 1.49. The van der Waals surface area contributed by atoms with Crippen LogP contribution in [0.15, 0.2) is 82.0 Å². The number of benzene rings is 19. The Bertz CT molecular complexity index is 8140. The van der Waals surface area contributed by atoms with E-state index in [1.54, 1.807) is 5.39 Å². The van der Waals surface area contributed by atoms with Crippen LogP contribution in [0, 0.1) is 0 Å². The standard InChI is InChI=1S/C76H14O3/c77-73-67-58-45-42-31-26-19-20-18-17-21-22(19)29-35-28(21)36-30-23(17)24-25(18)34-38-27(20)33(26)44(45)56-50(38)57-43(34)39-32(24)41-40(30)51-46(36)53-47(35)54-48(37(29)31)55(42)64(67)70-62(54)60(53)69-61(51)63-52(41)49(39)59-66(57)72(65(56)58)79-74(78)68(59)71(63)75(69)15(13-7-3-1-4-8-13)11-12-16(76(70,73)75)14-9-5-2-6-10-14/h1-12,15-16H/t15?,16?,75-,76-/m0/s1. The maximum atomic E-state index is 19.0. The molecule has 0 saturated carbocycles. The monoisotopic (exact) mass is 974 g/mol. The van der Waals surface area contributed by atoms with Crippen molar-refractivity contribution in [3.8, 4) is 0 Å². The van der Waals surface area contributed by atoms with E-state index in [1.807, 2.05) is 0 Å². The van der Waals surface area contributed by atoms with Gasteiger partial charge in [0.2, 0.25) is 0 Å². The quantitative estimate of drug-likeness (QED) is 0.0750. The van der Waals surface area contributed by atoms with Crippen LogP contribution in [0.4, 0.5) is 0 Å². The molecular weight excluding hydrogens is 961 g/mol. The molecule has 0 fully saturated rings. The zero-order chi connectivity index (χ0) is 48.0. The first-order chi connectivity index (χ1) is 39.2. The SMILES string of the molecule is O=C1c2c3c4c5c6c7c8c9c(c%10c(=O)oc%11c%12c2c2c%13c3c3c5c5c6c6c8c8c%14c9c9c%10c%11c%10c%11c%12c2c2c%12c%13c3c3c5c5c6c8c6c8c%14c9c%10c9c%11c2c2c%12c3c5c6c2c98)[C@]72C(c3ccccc3)C=CC(c3ccccc3)[C@@]142. The van der Waals surface area contributed by atoms with Crippen molar-refractivity contribution in [1.82, 2.24) is 0 Å². The number of Topliss-reactive ketones (excluding diaryl/α,β-unsaturated/α-hetero) is 1. The molecule has 79 heavy (non-hydrogen) atoms. The molecule has 0 amide bonds. The molecule has 0 saturated heterocycles. The first kappa shape index (κ1) is 31.3. The number of rotatable bonds is 2. The van der Waals surface area contributed by atoms with Gasteiger partial charge in [0.15, 0.2) is 5.78 Å². The van der Waals surface area contributed by atoms with Gasteiger partial charge in [-0.05, 0) is 184 Å². The Labute approximate surface area is 432 Å². The highest BCUT2D eigenvalue weighted by Crippen LogP contribution is 2.84. The Morgan fingerprint density at radius 3 is 0.873 bits per heavy atom. The predicted molar refractivity (Wildman–Crippen MR) is 325 cm³/mol. The summed E-state index contributed by atoms with van der Waals surface area (Å²) in [5.41, 5.74) is 5.16. The van der Waals surface area contributed by atoms with Gasteiger partial charge < -0.3 is 4.42 Å². The van der Waals surface area contributed by atoms with Gasteiger partial charge in [-0.15, -0.1) is 0 Å². The zero-order valence-electron chi connectivity index (χ0n) is 40.3. The van der Waals surface area contributed by atoms with Gasteiger partial charge in [-0.2, -0.15) is 0 Å². The molecule has 0 N–H and O–H groups in total. The number of ketones is 1. The molecule has 3 nitrogen and oxygen atoms in total. The van der Waals surface area contributed by atoms with Gasteiger partial charge in [-0.3, -0.25) is 4.79 Å². The van der Waals surface area contributed by atoms with Crippen LogP contribution >= 0.6 is 0 Å². The number of hydrogen-bond acceptors (Lipinski definition) is 3. The molecule has 0 aliphatic heterocycles. The Hall–Kier alpha value is -9.96. The fourth-order valence-electron chi connectivity index (χ4n) is 26.2. The molecular formula is C76H14O3. The highest BCUT2D eigenvalue weighted by molar-refractivity contribution is 6.81. The molecule has 2 spiro atoms. The fourth-order valence-corrected chi connectivity index (χ4v) is 26.2. The van der Waals surface area contributed by atoms with Crippen LogP contribution in [0.3, 0.4) is 0 Å². The molecule has 0 bridgehead atoms. The van der Waals surface area contributed by atoms with Gasteiger partial charge in [0.05, 0.1) is 16.2 Å². The minimum Gasteiger partial charge on any atom is -0.422 e. The summed E-state index contributed by atoms with van der Waals surface area (Å²) in [6.45, 7) is 0. The minimum absolute atomic E-state index is 0.235. The summed E-state index contributed by atoms with van der Waals surface area (Å²) in [4.78, 5) is 36.1. The van der Waals surface area contributed by atoms with Gasteiger partial charge in [-0.1, -0.05) is 72.8 Å². The Morgan fingerprint density at radius 1 is 0.253 bits per heavy atom. The lowest BCUT2D eigenvalue weighted by atomic mass is 9.40. The molecule has 0 radical (unpaired) electrons. The van der Waals surface area contributed by atoms with E-state index in [4.69, 9.17) is 4.42 Å². The summed E-state index contributed by atoms with van der Waals surface area (Å²) < 4.78 is 7.62. The molecule has 33 rings (SSSR count). The molecule has 29 aromatic rings. The van der Waals surface area contributed by atoms with Crippen LogP contribution in [0.5, 0.6) is 0 Å². The Kier molecular flexibility index (Phi) is 3.00. The first-order valence-corrected chi connectivity index (χ1v) is 28.8. The molecule has 3 heteroatoms. The lowest BCUT2D eigenvalue weighted by Crippen LogP contribution is -2.61. The third kappa shape index (κ3) is 1.85. The molecule has 2 unspecified atom stereocenters. The molecule has 336 valence electrons. The second-order valence-electron chi connectivity index (χ2n) is 27.5. The maximum absolute atomic E-state index is 19.0. The largest absolute Gasteiger partial charge is 0.422 e. The smallest absolute Gasteiger partial charge is 0.344 e. The van der Waals surface area contributed by atoms with Gasteiger partial charge in [0.1, 0.15) is 5.58 Å². The zero-order valence-corrected chi connectivity index (χ0v) is 40.3. The molecule has 4 atom stereocenters. The van der Waals surface area contributed by atoms with E-state index in [0.717, 1.165) is 49.2 Å². The predicted octanol–water partition coefficient (Wildman–Crippen LogP) is 19.2. The highest BCUT2D eigenvalue weighted by Gasteiger charge is 2.75. The van der Waals surface area contributed by atoms with Crippen molar-refractivity contribution in [2.45, 2.75) is 22.7 Å². The first-order valence-electron chi connectivity index (χ1n) is 28.8. The molecule has 28 aromatic carbocycles. The summed E-state index contributed by atoms with van der Waals surface area (Å²) in [5, 5.41) is 70.7. The molecule has 4 aliphatic rings. The van der Waals surface area contributed by atoms with E-state index in [1.165, 1.54) is 259 Å². The number of carbonyl (C=O) groups excluding carboxylic acids is 1. The average molecular weight is 975 g/mol. The third-order valence-electron chi connectivity index (χ3n) is 26.7. The van der Waals surface area contributed by atoms with E-state index >= 15 is 9.59 Å². The van der Waals surface area contributed by atoms with Crippen molar-refractivity contribution in [2.24, 2.45) is 0 Å². The van der Waals surface area contributed by atoms with Crippen molar-refractivity contribution in [2.75, 3.05) is 0 Å². The number of fused-ring (bicyclic) bond motifs is 4. The normalized spacial score (nSPS) is 23.1. The van der Waals surface area contributed by atoms with Gasteiger partial charge >= 0.3 is 5.63 Å². The summed E-state index contributed by atoms with van der Waals surface area (Å²) in [6, 6.07) is 22.5. The van der Waals surface area contributed by atoms with Crippen molar-refractivity contribution >= 4 is 286 Å². The summed E-state index contributed by atoms with van der Waals surface area (Å²) in [6.07, 6.45) is 5.06. The molecule has 1 heterocycles. The summed E-state index contributed by atoms with van der Waals surface area (Å²) in [7, 11) is 0. The number of hydrogen-bond donors (Lipinski definition) is 0. The van der Waals surface area contributed by atoms with Crippen LogP contribution in [0.25, 0.3) is 280 Å². The maximum Gasteiger partial charge on any atom is 0.344 e. The van der Waals surface area contributed by atoms with Crippen molar-refractivity contribution in [3.05, 3.63) is 117 Å². The van der Waals surface area contributed by atoms with E-state index in [2.05, 4.69) is 72.8 Å². The summed E-state index contributed by atoms with van der Waals surface area (Å²) >= 11 is 0. The molecule has 1 aromatic heterocycles. The fraction of sp³-hybridized carbons (Fsp3) is 0.0526. The minimum atomic E-state index is -1.21. The number of carbonyl (C=O) groups is 1. The third-order valence-corrected chi connectivity index (χ3v) is 26.7. The molecule has 4 aliphatic carbocycles. The van der Waals surface area contributed by atoms with Gasteiger partial charge in [0, 0.05) is 131 Å². The van der Waals surface area contributed by atoms with Crippen LogP contribution < -0.4 is 5.63 Å². The van der Waals surface area contributed by atoms with Crippen LogP contribution in [0.1, 0.15) is 50.0 Å². The Balaban J connectivity index is 1.13. The second kappa shape index (κ2) is 7.57. The van der Waals surface area contributed by atoms with Crippen molar-refractivity contribution < 1.29 is 9.21 Å². The van der Waals surface area contributed by atoms with Crippen LogP contribution in [0.2, 0.25) is 0 Å². The van der Waals surface area contributed by atoms with Gasteiger partial charge in [0.25, 0.3) is 0 Å². The van der Waals surface area contributed by atoms with E-state index in [-0.39, 0.29) is 23.2 Å². The van der Waals surface area contributed by atoms with E-state index in [9.17, 15) is 0 Å². The van der Waals surface area contributed by atoms with E-state index < -0.39 is 10.8 Å². The van der Waals surface area contributed by atoms with Crippen molar-refractivity contribution in [1.29, 1.82) is 0 Å². The highest BCUT2D eigenvalue weighted by atomic mass is 16.4.